The molecule has 0 aliphatic carbocycles. The molecule has 0 aromatic carbocycles. The fraction of sp³-hybridized carbons (Fsp3) is 0.636. The van der Waals surface area contributed by atoms with E-state index in [0.29, 0.717) is 5.75 Å². The van der Waals surface area contributed by atoms with Crippen molar-refractivity contribution in [3.63, 3.8) is 0 Å². The molecule has 2 aliphatic heterocycles. The number of rotatable bonds is 3. The van der Waals surface area contributed by atoms with E-state index >= 15 is 0 Å². The Kier molecular flexibility index (Phi) is 3.18. The average molecular weight is 257 g/mol. The molecule has 0 saturated carbocycles. The lowest BCUT2D eigenvalue weighted by atomic mass is 10.1. The first-order valence-corrected chi connectivity index (χ1v) is 6.51. The fourth-order valence-corrected chi connectivity index (χ4v) is 3.30. The van der Waals surface area contributed by atoms with Crippen molar-refractivity contribution in [2.75, 3.05) is 5.75 Å². The molecule has 2 aliphatic rings. The Morgan fingerprint density at radius 1 is 1.59 bits per heavy atom. The number of aliphatic carboxylic acids is 1. The van der Waals surface area contributed by atoms with Gasteiger partial charge in [0.2, 0.25) is 0 Å². The lowest BCUT2D eigenvalue weighted by Crippen LogP contribution is -2.66. The number of nitrogens with zero attached hydrogens (tertiary/aromatic N) is 1. The maximum absolute atomic E-state index is 11.9. The topological polar surface area (TPSA) is 66.8 Å². The third-order valence-corrected chi connectivity index (χ3v) is 4.13. The first kappa shape index (κ1) is 12.4. The van der Waals surface area contributed by atoms with E-state index in [9.17, 15) is 9.59 Å². The van der Waals surface area contributed by atoms with Gasteiger partial charge in [0.05, 0.1) is 6.10 Å². The lowest BCUT2D eigenvalue weighted by Gasteiger charge is -2.49. The Bertz CT molecular complexity index is 404. The molecule has 0 aromatic heterocycles. The van der Waals surface area contributed by atoms with E-state index in [0.717, 1.165) is 5.57 Å². The maximum atomic E-state index is 11.9. The van der Waals surface area contributed by atoms with Crippen LogP contribution in [-0.2, 0) is 14.3 Å². The van der Waals surface area contributed by atoms with Gasteiger partial charge in [0, 0.05) is 5.75 Å². The van der Waals surface area contributed by atoms with Crippen LogP contribution in [0, 0.1) is 0 Å². The largest absolute Gasteiger partial charge is 0.477 e. The van der Waals surface area contributed by atoms with Gasteiger partial charge in [-0.25, -0.2) is 4.79 Å². The Labute approximate surface area is 104 Å². The number of carboxylic acids is 1. The molecule has 1 fully saturated rings. The maximum Gasteiger partial charge on any atom is 0.352 e. The number of thioether (sulfide) groups is 1. The molecular formula is C11H15NO4S. The molecule has 0 spiro atoms. The minimum Gasteiger partial charge on any atom is -0.477 e. The molecule has 0 aromatic rings. The second kappa shape index (κ2) is 4.34. The smallest absolute Gasteiger partial charge is 0.352 e. The minimum absolute atomic E-state index is 0.0352. The van der Waals surface area contributed by atoms with Gasteiger partial charge < -0.3 is 9.84 Å². The summed E-state index contributed by atoms with van der Waals surface area (Å²) in [4.78, 5) is 24.4. The van der Waals surface area contributed by atoms with E-state index < -0.39 is 12.1 Å². The molecular weight excluding hydrogens is 242 g/mol. The third kappa shape index (κ3) is 1.95. The molecule has 1 N–H and O–H groups in total. The second-order valence-electron chi connectivity index (χ2n) is 4.45. The van der Waals surface area contributed by atoms with E-state index in [4.69, 9.17) is 9.84 Å². The first-order chi connectivity index (χ1) is 7.93. The van der Waals surface area contributed by atoms with Crippen LogP contribution in [0.1, 0.15) is 20.8 Å². The molecule has 94 valence electrons. The van der Waals surface area contributed by atoms with Gasteiger partial charge in [-0.15, -0.1) is 11.8 Å². The Morgan fingerprint density at radius 3 is 2.76 bits per heavy atom. The molecule has 0 radical (unpaired) electrons. The highest BCUT2D eigenvalue weighted by Crippen LogP contribution is 2.41. The van der Waals surface area contributed by atoms with E-state index in [2.05, 4.69) is 0 Å². The van der Waals surface area contributed by atoms with Gasteiger partial charge in [0.15, 0.2) is 6.10 Å². The average Bonchev–Trinajstić information content (AvgIpc) is 2.24. The monoisotopic (exact) mass is 257 g/mol. The van der Waals surface area contributed by atoms with E-state index in [1.165, 1.54) is 4.90 Å². The number of fused-ring (bicyclic) bond motifs is 1. The van der Waals surface area contributed by atoms with Gasteiger partial charge in [-0.05, 0) is 26.3 Å². The number of carbonyl (C=O) groups excluding carboxylic acids is 1. The van der Waals surface area contributed by atoms with Crippen molar-refractivity contribution >= 4 is 23.6 Å². The molecule has 2 rings (SSSR count). The summed E-state index contributed by atoms with van der Waals surface area (Å²) in [6, 6.07) is 0. The highest BCUT2D eigenvalue weighted by molar-refractivity contribution is 8.00. The van der Waals surface area contributed by atoms with Crippen LogP contribution in [0.15, 0.2) is 11.3 Å². The standard InChI is InChI=1S/C11H15NO4S/c1-5(2)16-8-9(13)12-7(11(14)15)6(3)4-17-10(8)12/h5,8,10H,4H2,1-3H3,(H,14,15)/t8-,10-/m0/s1. The van der Waals surface area contributed by atoms with Gasteiger partial charge in [0.25, 0.3) is 5.91 Å². The molecule has 5 nitrogen and oxygen atoms in total. The molecule has 1 amide bonds. The predicted octanol–water partition coefficient (Wildman–Crippen LogP) is 1.05. The number of amides is 1. The zero-order valence-corrected chi connectivity index (χ0v) is 10.8. The van der Waals surface area contributed by atoms with Crippen molar-refractivity contribution in [1.82, 2.24) is 4.90 Å². The Morgan fingerprint density at radius 2 is 2.24 bits per heavy atom. The summed E-state index contributed by atoms with van der Waals surface area (Å²) in [5.41, 5.74) is 0.859. The van der Waals surface area contributed by atoms with Crippen LogP contribution in [0.4, 0.5) is 0 Å². The molecule has 0 bridgehead atoms. The zero-order valence-electron chi connectivity index (χ0n) is 9.97. The van der Waals surface area contributed by atoms with Crippen LogP contribution in [0.3, 0.4) is 0 Å². The number of hydrogen-bond acceptors (Lipinski definition) is 4. The summed E-state index contributed by atoms with van der Waals surface area (Å²) in [6.07, 6.45) is -0.533. The summed E-state index contributed by atoms with van der Waals surface area (Å²) in [7, 11) is 0. The van der Waals surface area contributed by atoms with Crippen LogP contribution in [-0.4, -0.2) is 45.2 Å². The summed E-state index contributed by atoms with van der Waals surface area (Å²) >= 11 is 1.55. The van der Waals surface area contributed by atoms with Crippen molar-refractivity contribution in [2.24, 2.45) is 0 Å². The SMILES string of the molecule is CC1=C(C(=O)O)N2C(=O)[C@H](OC(C)C)[C@@H]2SC1. The van der Waals surface area contributed by atoms with Crippen molar-refractivity contribution in [3.05, 3.63) is 11.3 Å². The number of carbonyl (C=O) groups is 2. The van der Waals surface area contributed by atoms with Crippen LogP contribution < -0.4 is 0 Å². The van der Waals surface area contributed by atoms with Crippen molar-refractivity contribution in [1.29, 1.82) is 0 Å². The summed E-state index contributed by atoms with van der Waals surface area (Å²) < 4.78 is 5.50. The van der Waals surface area contributed by atoms with E-state index in [1.54, 1.807) is 18.7 Å². The fourth-order valence-electron chi connectivity index (χ4n) is 2.03. The van der Waals surface area contributed by atoms with Crippen molar-refractivity contribution in [3.8, 4) is 0 Å². The van der Waals surface area contributed by atoms with Gasteiger partial charge >= 0.3 is 5.97 Å². The van der Waals surface area contributed by atoms with E-state index in [1.807, 2.05) is 13.8 Å². The molecule has 2 atom stereocenters. The van der Waals surface area contributed by atoms with Crippen molar-refractivity contribution < 1.29 is 19.4 Å². The third-order valence-electron chi connectivity index (χ3n) is 2.73. The quantitative estimate of drug-likeness (QED) is 0.766. The van der Waals surface area contributed by atoms with Crippen LogP contribution in [0.5, 0.6) is 0 Å². The van der Waals surface area contributed by atoms with Gasteiger partial charge in [-0.1, -0.05) is 0 Å². The normalized spacial score (nSPS) is 28.2. The Hall–Kier alpha value is -1.01. The van der Waals surface area contributed by atoms with E-state index in [-0.39, 0.29) is 23.1 Å². The Balaban J connectivity index is 2.21. The van der Waals surface area contributed by atoms with Gasteiger partial charge in [-0.3, -0.25) is 9.69 Å². The highest BCUT2D eigenvalue weighted by atomic mass is 32.2. The van der Waals surface area contributed by atoms with Crippen LogP contribution in [0.2, 0.25) is 0 Å². The number of carboxylic acid groups (broad SMARTS) is 1. The van der Waals surface area contributed by atoms with Crippen LogP contribution in [0.25, 0.3) is 0 Å². The first-order valence-electron chi connectivity index (χ1n) is 5.46. The molecule has 6 heteroatoms. The van der Waals surface area contributed by atoms with Gasteiger partial charge in [0.1, 0.15) is 11.1 Å². The second-order valence-corrected chi connectivity index (χ2v) is 5.55. The number of ether oxygens (including phenoxy) is 1. The molecule has 2 heterocycles. The summed E-state index contributed by atoms with van der Waals surface area (Å²) in [5, 5.41) is 8.93. The predicted molar refractivity (Wildman–Crippen MR) is 63.4 cm³/mol. The van der Waals surface area contributed by atoms with Crippen LogP contribution >= 0.6 is 11.8 Å². The highest BCUT2D eigenvalue weighted by Gasteiger charge is 2.54. The van der Waals surface area contributed by atoms with Crippen molar-refractivity contribution in [2.45, 2.75) is 38.4 Å². The number of hydrogen-bond donors (Lipinski definition) is 1. The minimum atomic E-state index is -1.04. The van der Waals surface area contributed by atoms with Gasteiger partial charge in [-0.2, -0.15) is 0 Å². The lowest BCUT2D eigenvalue weighted by molar-refractivity contribution is -0.168. The number of β-lactam (4-membered cyclic amide) rings is 1. The summed E-state index contributed by atoms with van der Waals surface area (Å²) in [6.45, 7) is 5.47. The molecule has 0 unspecified atom stereocenters. The molecule has 1 saturated heterocycles. The summed E-state index contributed by atoms with van der Waals surface area (Å²) in [5.74, 6) is -0.648. The zero-order chi connectivity index (χ0) is 12.7. The molecule has 17 heavy (non-hydrogen) atoms.